The van der Waals surface area contributed by atoms with Crippen molar-refractivity contribution in [1.29, 1.82) is 0 Å². The van der Waals surface area contributed by atoms with Crippen molar-refractivity contribution in [2.24, 2.45) is 5.92 Å². The molecule has 2 unspecified atom stereocenters. The van der Waals surface area contributed by atoms with E-state index < -0.39 is 0 Å². The van der Waals surface area contributed by atoms with E-state index in [4.69, 9.17) is 4.74 Å². The van der Waals surface area contributed by atoms with E-state index in [0.29, 0.717) is 6.04 Å². The van der Waals surface area contributed by atoms with Crippen LogP contribution in [0.15, 0.2) is 18.2 Å². The third-order valence-electron chi connectivity index (χ3n) is 3.59. The van der Waals surface area contributed by atoms with Gasteiger partial charge in [-0.3, -0.25) is 0 Å². The largest absolute Gasteiger partial charge is 0.496 e. The van der Waals surface area contributed by atoms with E-state index in [0.717, 1.165) is 17.4 Å². The first kappa shape index (κ1) is 16.4. The summed E-state index contributed by atoms with van der Waals surface area (Å²) in [5, 5.41) is 3.28. The second-order valence-corrected chi connectivity index (χ2v) is 6.14. The van der Waals surface area contributed by atoms with Gasteiger partial charge in [0.25, 0.3) is 0 Å². The maximum absolute atomic E-state index is 5.46. The first-order valence-electron chi connectivity index (χ1n) is 7.04. The van der Waals surface area contributed by atoms with E-state index in [2.05, 4.69) is 44.3 Å². The summed E-state index contributed by atoms with van der Waals surface area (Å²) in [5.41, 5.74) is 2.62. The van der Waals surface area contributed by atoms with Gasteiger partial charge in [0.15, 0.2) is 0 Å². The lowest BCUT2D eigenvalue weighted by Gasteiger charge is -2.15. The fourth-order valence-electron chi connectivity index (χ4n) is 1.84. The Labute approximate surface area is 122 Å². The summed E-state index contributed by atoms with van der Waals surface area (Å²) in [4.78, 5) is 0. The lowest BCUT2D eigenvalue weighted by atomic mass is 10.1. The Balaban J connectivity index is 2.73. The van der Waals surface area contributed by atoms with Gasteiger partial charge < -0.3 is 10.1 Å². The summed E-state index contributed by atoms with van der Waals surface area (Å²) in [6, 6.07) is 6.87. The molecule has 0 saturated heterocycles. The Bertz CT molecular complexity index is 381. The number of methoxy groups -OCH3 is 1. The highest BCUT2D eigenvalue weighted by Crippen LogP contribution is 2.27. The van der Waals surface area contributed by atoms with Crippen LogP contribution in [0.4, 0.5) is 0 Å². The van der Waals surface area contributed by atoms with Crippen LogP contribution in [0.3, 0.4) is 0 Å². The quantitative estimate of drug-likeness (QED) is 0.769. The number of rotatable bonds is 8. The molecular formula is C16H27NOS. The molecule has 0 saturated carbocycles. The maximum atomic E-state index is 5.46. The van der Waals surface area contributed by atoms with Crippen molar-refractivity contribution in [3.05, 3.63) is 29.3 Å². The van der Waals surface area contributed by atoms with E-state index in [1.807, 2.05) is 18.8 Å². The van der Waals surface area contributed by atoms with Crippen LogP contribution in [-0.2, 0) is 5.75 Å². The number of ether oxygens (including phenoxy) is 1. The molecule has 0 aromatic heterocycles. The molecule has 0 heterocycles. The smallest absolute Gasteiger partial charge is 0.122 e. The van der Waals surface area contributed by atoms with Crippen molar-refractivity contribution in [2.75, 3.05) is 19.9 Å². The third-order valence-corrected chi connectivity index (χ3v) is 4.91. The van der Waals surface area contributed by atoms with E-state index in [1.165, 1.54) is 23.3 Å². The summed E-state index contributed by atoms with van der Waals surface area (Å²) in [6.45, 7) is 6.74. The van der Waals surface area contributed by atoms with Crippen LogP contribution >= 0.6 is 11.8 Å². The number of hydrogen-bond donors (Lipinski definition) is 1. The number of thioether (sulfide) groups is 1. The molecule has 1 aromatic rings. The van der Waals surface area contributed by atoms with Crippen molar-refractivity contribution in [3.63, 3.8) is 0 Å². The van der Waals surface area contributed by atoms with Gasteiger partial charge in [-0.05, 0) is 43.3 Å². The van der Waals surface area contributed by atoms with Crippen LogP contribution in [0.2, 0.25) is 0 Å². The minimum atomic E-state index is 0.379. The van der Waals surface area contributed by atoms with Crippen molar-refractivity contribution < 1.29 is 4.74 Å². The van der Waals surface area contributed by atoms with Crippen LogP contribution in [0.1, 0.15) is 44.4 Å². The summed E-state index contributed by atoms with van der Waals surface area (Å²) in [5.74, 6) is 4.03. The van der Waals surface area contributed by atoms with Gasteiger partial charge in [-0.2, -0.15) is 11.8 Å². The Morgan fingerprint density at radius 2 is 2.05 bits per heavy atom. The highest BCUT2D eigenvalue weighted by atomic mass is 32.2. The lowest BCUT2D eigenvalue weighted by molar-refractivity contribution is 0.411. The Kier molecular flexibility index (Phi) is 7.32. The maximum Gasteiger partial charge on any atom is 0.122 e. The average Bonchev–Trinajstić information content (AvgIpc) is 2.45. The van der Waals surface area contributed by atoms with Gasteiger partial charge in [0, 0.05) is 17.4 Å². The number of nitrogens with one attached hydrogen (secondary N) is 1. The second-order valence-electron chi connectivity index (χ2n) is 5.11. The van der Waals surface area contributed by atoms with Gasteiger partial charge in [0.05, 0.1) is 7.11 Å². The van der Waals surface area contributed by atoms with Gasteiger partial charge in [0.2, 0.25) is 0 Å². The first-order valence-corrected chi connectivity index (χ1v) is 8.19. The zero-order valence-corrected chi connectivity index (χ0v) is 13.6. The lowest BCUT2D eigenvalue weighted by Crippen LogP contribution is -2.12. The Morgan fingerprint density at radius 1 is 1.32 bits per heavy atom. The van der Waals surface area contributed by atoms with E-state index in [9.17, 15) is 0 Å². The highest BCUT2D eigenvalue weighted by Gasteiger charge is 2.09. The standard InChI is InChI=1S/C16H27NOS/c1-6-12(2)10-19-11-15-9-14(13(3)17-4)7-8-16(15)18-5/h7-9,12-13,17H,6,10-11H2,1-5H3. The van der Waals surface area contributed by atoms with Gasteiger partial charge in [-0.1, -0.05) is 26.3 Å². The fraction of sp³-hybridized carbons (Fsp3) is 0.625. The van der Waals surface area contributed by atoms with Crippen LogP contribution in [0.25, 0.3) is 0 Å². The molecular weight excluding hydrogens is 254 g/mol. The SMILES string of the molecule is CCC(C)CSCc1cc(C(C)NC)ccc1OC. The minimum absolute atomic E-state index is 0.379. The van der Waals surface area contributed by atoms with Gasteiger partial charge in [-0.15, -0.1) is 0 Å². The topological polar surface area (TPSA) is 21.3 Å². The zero-order valence-electron chi connectivity index (χ0n) is 12.8. The first-order chi connectivity index (χ1) is 9.12. The van der Waals surface area contributed by atoms with Gasteiger partial charge in [0.1, 0.15) is 5.75 Å². The number of hydrogen-bond acceptors (Lipinski definition) is 3. The van der Waals surface area contributed by atoms with E-state index in [-0.39, 0.29) is 0 Å². The van der Waals surface area contributed by atoms with E-state index in [1.54, 1.807) is 7.11 Å². The molecule has 0 bridgehead atoms. The minimum Gasteiger partial charge on any atom is -0.496 e. The summed E-state index contributed by atoms with van der Waals surface area (Å²) < 4.78 is 5.46. The van der Waals surface area contributed by atoms with Crippen LogP contribution in [0, 0.1) is 5.92 Å². The zero-order chi connectivity index (χ0) is 14.3. The van der Waals surface area contributed by atoms with Crippen molar-refractivity contribution in [2.45, 2.75) is 39.0 Å². The molecule has 0 spiro atoms. The van der Waals surface area contributed by atoms with Crippen LogP contribution < -0.4 is 10.1 Å². The summed E-state index contributed by atoms with van der Waals surface area (Å²) >= 11 is 2.00. The molecule has 0 aliphatic rings. The molecule has 1 N–H and O–H groups in total. The summed E-state index contributed by atoms with van der Waals surface area (Å²) in [7, 11) is 3.74. The van der Waals surface area contributed by atoms with Crippen molar-refractivity contribution in [3.8, 4) is 5.75 Å². The molecule has 0 aliphatic heterocycles. The molecule has 1 aromatic carbocycles. The molecule has 3 heteroatoms. The van der Waals surface area contributed by atoms with Crippen molar-refractivity contribution >= 4 is 11.8 Å². The molecule has 0 radical (unpaired) electrons. The molecule has 0 aliphatic carbocycles. The van der Waals surface area contributed by atoms with Gasteiger partial charge in [-0.25, -0.2) is 0 Å². The van der Waals surface area contributed by atoms with Gasteiger partial charge >= 0.3 is 0 Å². The number of benzene rings is 1. The Hall–Kier alpha value is -0.670. The molecule has 1 rings (SSSR count). The molecule has 0 amide bonds. The van der Waals surface area contributed by atoms with Crippen molar-refractivity contribution in [1.82, 2.24) is 5.32 Å². The predicted octanol–water partition coefficient (Wildman–Crippen LogP) is 4.25. The Morgan fingerprint density at radius 3 is 2.63 bits per heavy atom. The third kappa shape index (κ3) is 5.07. The summed E-state index contributed by atoms with van der Waals surface area (Å²) in [6.07, 6.45) is 1.25. The monoisotopic (exact) mass is 281 g/mol. The average molecular weight is 281 g/mol. The van der Waals surface area contributed by atoms with Crippen LogP contribution in [0.5, 0.6) is 5.75 Å². The highest BCUT2D eigenvalue weighted by molar-refractivity contribution is 7.98. The molecule has 0 fully saturated rings. The molecule has 2 nitrogen and oxygen atoms in total. The molecule has 108 valence electrons. The molecule has 19 heavy (non-hydrogen) atoms. The predicted molar refractivity (Wildman–Crippen MR) is 86.1 cm³/mol. The second kappa shape index (κ2) is 8.49. The normalized spacial score (nSPS) is 14.2. The fourth-order valence-corrected chi connectivity index (χ4v) is 3.04. The van der Waals surface area contributed by atoms with Crippen LogP contribution in [-0.4, -0.2) is 19.9 Å². The van der Waals surface area contributed by atoms with E-state index >= 15 is 0 Å². The molecule has 2 atom stereocenters.